The van der Waals surface area contributed by atoms with Crippen LogP contribution in [0.4, 0.5) is 4.39 Å². The predicted molar refractivity (Wildman–Crippen MR) is 59.4 cm³/mol. The van der Waals surface area contributed by atoms with E-state index in [-0.39, 0.29) is 11.6 Å². The molecular formula is C9H12BClFN2O. The van der Waals surface area contributed by atoms with Crippen molar-refractivity contribution in [3.8, 4) is 5.75 Å². The van der Waals surface area contributed by atoms with E-state index < -0.39 is 11.3 Å². The standard InChI is InChI=1S/C9H12BClFN2O/c1-9(14,5-13)10-15-6-2-3-7(11)8(12)4-6/h2-4H,5,13-14H2,1H3. The molecule has 0 spiro atoms. The third-order valence-electron chi connectivity index (χ3n) is 1.80. The SMILES string of the molecule is CC(N)([B]Oc1ccc(Cl)c(F)c1)CN. The zero-order chi connectivity index (χ0) is 11.5. The number of nitrogens with two attached hydrogens (primary N) is 2. The topological polar surface area (TPSA) is 61.3 Å². The van der Waals surface area contributed by atoms with Gasteiger partial charge in [-0.25, -0.2) is 4.39 Å². The maximum atomic E-state index is 13.0. The lowest BCUT2D eigenvalue weighted by Gasteiger charge is -2.20. The Morgan fingerprint density at radius 1 is 1.60 bits per heavy atom. The molecule has 1 rings (SSSR count). The van der Waals surface area contributed by atoms with Crippen LogP contribution in [-0.2, 0) is 0 Å². The lowest BCUT2D eigenvalue weighted by atomic mass is 9.74. The highest BCUT2D eigenvalue weighted by molar-refractivity contribution is 6.33. The third-order valence-corrected chi connectivity index (χ3v) is 2.10. The van der Waals surface area contributed by atoms with E-state index >= 15 is 0 Å². The van der Waals surface area contributed by atoms with E-state index in [1.165, 1.54) is 19.6 Å². The first-order valence-corrected chi connectivity index (χ1v) is 4.77. The molecule has 0 aliphatic heterocycles. The van der Waals surface area contributed by atoms with Crippen LogP contribution in [0.25, 0.3) is 0 Å². The highest BCUT2D eigenvalue weighted by atomic mass is 35.5. The minimum Gasteiger partial charge on any atom is -0.561 e. The maximum absolute atomic E-state index is 13.0. The molecule has 1 radical (unpaired) electrons. The van der Waals surface area contributed by atoms with Gasteiger partial charge in [0.05, 0.1) is 5.02 Å². The number of rotatable bonds is 4. The van der Waals surface area contributed by atoms with E-state index in [0.717, 1.165) is 0 Å². The zero-order valence-electron chi connectivity index (χ0n) is 8.34. The van der Waals surface area contributed by atoms with Gasteiger partial charge < -0.3 is 16.1 Å². The Labute approximate surface area is 93.8 Å². The van der Waals surface area contributed by atoms with Gasteiger partial charge in [-0.3, -0.25) is 0 Å². The maximum Gasteiger partial charge on any atom is 0.392 e. The van der Waals surface area contributed by atoms with Crippen molar-refractivity contribution in [3.63, 3.8) is 0 Å². The van der Waals surface area contributed by atoms with Gasteiger partial charge in [0.15, 0.2) is 0 Å². The number of hydrogen-bond acceptors (Lipinski definition) is 3. The average Bonchev–Trinajstić information content (AvgIpc) is 2.20. The van der Waals surface area contributed by atoms with Crippen molar-refractivity contribution in [2.24, 2.45) is 11.5 Å². The van der Waals surface area contributed by atoms with Gasteiger partial charge in [-0.05, 0) is 19.1 Å². The molecule has 15 heavy (non-hydrogen) atoms. The smallest absolute Gasteiger partial charge is 0.392 e. The molecule has 0 bridgehead atoms. The summed E-state index contributed by atoms with van der Waals surface area (Å²) in [5.41, 5.74) is 10.4. The summed E-state index contributed by atoms with van der Waals surface area (Å²) in [5.74, 6) is -0.198. The Bertz CT molecular complexity index is 349. The van der Waals surface area contributed by atoms with E-state index in [9.17, 15) is 4.39 Å². The molecule has 4 N–H and O–H groups in total. The monoisotopic (exact) mass is 229 g/mol. The van der Waals surface area contributed by atoms with Crippen LogP contribution in [0.5, 0.6) is 5.75 Å². The fourth-order valence-electron chi connectivity index (χ4n) is 0.801. The first-order chi connectivity index (χ1) is 6.94. The van der Waals surface area contributed by atoms with E-state index in [1.807, 2.05) is 0 Å². The van der Waals surface area contributed by atoms with Gasteiger partial charge in [0.25, 0.3) is 0 Å². The highest BCUT2D eigenvalue weighted by Crippen LogP contribution is 2.20. The van der Waals surface area contributed by atoms with E-state index in [2.05, 4.69) is 0 Å². The highest BCUT2D eigenvalue weighted by Gasteiger charge is 2.21. The molecule has 1 aromatic carbocycles. The molecule has 1 unspecified atom stereocenters. The molecule has 1 aromatic rings. The van der Waals surface area contributed by atoms with Gasteiger partial charge in [-0.1, -0.05) is 11.6 Å². The molecular weight excluding hydrogens is 217 g/mol. The second kappa shape index (κ2) is 4.83. The fourth-order valence-corrected chi connectivity index (χ4v) is 0.918. The van der Waals surface area contributed by atoms with Crippen molar-refractivity contribution < 1.29 is 9.04 Å². The van der Waals surface area contributed by atoms with Crippen molar-refractivity contribution >= 4 is 19.1 Å². The molecule has 6 heteroatoms. The molecule has 0 aliphatic rings. The molecule has 0 aromatic heterocycles. The normalized spacial score (nSPS) is 14.5. The van der Waals surface area contributed by atoms with Crippen molar-refractivity contribution in [2.75, 3.05) is 6.54 Å². The minimum absolute atomic E-state index is 0.0525. The van der Waals surface area contributed by atoms with Crippen LogP contribution in [0.2, 0.25) is 5.02 Å². The average molecular weight is 229 g/mol. The Kier molecular flexibility index (Phi) is 3.96. The second-order valence-electron chi connectivity index (χ2n) is 3.52. The zero-order valence-corrected chi connectivity index (χ0v) is 9.09. The summed E-state index contributed by atoms with van der Waals surface area (Å²) in [6.07, 6.45) is 0. The summed E-state index contributed by atoms with van der Waals surface area (Å²) >= 11 is 5.51. The number of halogens is 2. The molecule has 0 aliphatic carbocycles. The Morgan fingerprint density at radius 2 is 2.27 bits per heavy atom. The van der Waals surface area contributed by atoms with Crippen LogP contribution in [-0.4, -0.2) is 19.5 Å². The summed E-state index contributed by atoms with van der Waals surface area (Å²) in [6, 6.07) is 4.15. The van der Waals surface area contributed by atoms with E-state index in [4.69, 9.17) is 27.7 Å². The molecule has 0 fully saturated rings. The number of benzene rings is 1. The summed E-state index contributed by atoms with van der Waals surface area (Å²) in [7, 11) is 1.37. The summed E-state index contributed by atoms with van der Waals surface area (Å²) in [5, 5.41) is 0.0525. The van der Waals surface area contributed by atoms with Crippen LogP contribution in [0.15, 0.2) is 18.2 Å². The molecule has 0 saturated heterocycles. The number of hydrogen-bond donors (Lipinski definition) is 2. The van der Waals surface area contributed by atoms with Crippen molar-refractivity contribution in [3.05, 3.63) is 29.0 Å². The Morgan fingerprint density at radius 3 is 2.80 bits per heavy atom. The molecule has 1 atom stereocenters. The lowest BCUT2D eigenvalue weighted by Crippen LogP contribution is -2.51. The fraction of sp³-hybridized carbons (Fsp3) is 0.333. The van der Waals surface area contributed by atoms with E-state index in [1.54, 1.807) is 13.0 Å². The van der Waals surface area contributed by atoms with Crippen LogP contribution in [0.3, 0.4) is 0 Å². The van der Waals surface area contributed by atoms with Crippen molar-refractivity contribution in [2.45, 2.75) is 12.4 Å². The van der Waals surface area contributed by atoms with Gasteiger partial charge in [-0.15, -0.1) is 0 Å². The lowest BCUT2D eigenvalue weighted by molar-refractivity contribution is 0.518. The van der Waals surface area contributed by atoms with Crippen LogP contribution in [0, 0.1) is 5.82 Å². The van der Waals surface area contributed by atoms with Gasteiger partial charge in [0.2, 0.25) is 0 Å². The summed E-state index contributed by atoms with van der Waals surface area (Å²) in [6.45, 7) is 1.95. The predicted octanol–water partition coefficient (Wildman–Crippen LogP) is 1.11. The van der Waals surface area contributed by atoms with Gasteiger partial charge in [0.1, 0.15) is 11.6 Å². The third kappa shape index (κ3) is 3.70. The second-order valence-corrected chi connectivity index (χ2v) is 3.93. The van der Waals surface area contributed by atoms with Crippen molar-refractivity contribution in [1.29, 1.82) is 0 Å². The molecule has 0 amide bonds. The summed E-state index contributed by atoms with van der Waals surface area (Å²) < 4.78 is 18.2. The van der Waals surface area contributed by atoms with Crippen LogP contribution in [0.1, 0.15) is 6.92 Å². The largest absolute Gasteiger partial charge is 0.561 e. The molecule has 0 saturated carbocycles. The minimum atomic E-state index is -0.740. The molecule has 81 valence electrons. The van der Waals surface area contributed by atoms with E-state index in [0.29, 0.717) is 5.75 Å². The van der Waals surface area contributed by atoms with Gasteiger partial charge in [-0.2, -0.15) is 0 Å². The molecule has 0 heterocycles. The summed E-state index contributed by atoms with van der Waals surface area (Å²) in [4.78, 5) is 0. The van der Waals surface area contributed by atoms with Crippen molar-refractivity contribution in [1.82, 2.24) is 0 Å². The molecule has 3 nitrogen and oxygen atoms in total. The first-order valence-electron chi connectivity index (χ1n) is 4.39. The van der Waals surface area contributed by atoms with Gasteiger partial charge in [0, 0.05) is 18.0 Å². The Hall–Kier alpha value is -0.775. The van der Waals surface area contributed by atoms with Crippen LogP contribution < -0.4 is 16.1 Å². The van der Waals surface area contributed by atoms with Gasteiger partial charge >= 0.3 is 7.48 Å². The Balaban J connectivity index is 2.62. The quantitative estimate of drug-likeness (QED) is 0.761. The van der Waals surface area contributed by atoms with Crippen LogP contribution >= 0.6 is 11.6 Å². The first kappa shape index (κ1) is 12.3.